The summed E-state index contributed by atoms with van der Waals surface area (Å²) in [6, 6.07) is 0. The van der Waals surface area contributed by atoms with Crippen LogP contribution in [-0.2, 0) is 9.47 Å². The molecule has 0 aromatic rings. The maximum Gasteiger partial charge on any atom is 0.0672 e. The molecule has 0 rings (SSSR count). The van der Waals surface area contributed by atoms with E-state index in [-0.39, 0.29) is 5.54 Å². The highest BCUT2D eigenvalue weighted by Gasteiger charge is 2.21. The predicted molar refractivity (Wildman–Crippen MR) is 67.6 cm³/mol. The first kappa shape index (κ1) is 15.6. The number of hydrogen-bond acceptors (Lipinski definition) is 4. The number of nitrogens with one attached hydrogen (secondary N) is 1. The largest absolute Gasteiger partial charge is 0.380 e. The maximum absolute atomic E-state index is 5.71. The lowest BCUT2D eigenvalue weighted by molar-refractivity contribution is 0.0796. The second kappa shape index (κ2) is 8.70. The van der Waals surface area contributed by atoms with Gasteiger partial charge in [-0.2, -0.15) is 0 Å². The van der Waals surface area contributed by atoms with Gasteiger partial charge < -0.3 is 20.5 Å². The quantitative estimate of drug-likeness (QED) is 0.433. The van der Waals surface area contributed by atoms with Gasteiger partial charge >= 0.3 is 0 Å². The van der Waals surface area contributed by atoms with Crippen LogP contribution < -0.4 is 11.1 Å². The zero-order valence-corrected chi connectivity index (χ0v) is 10.8. The SMILES string of the molecule is C=C(C)COCCNC(C)(CN)COCC. The standard InChI is InChI=1S/C12H26N2O2/c1-5-15-10-12(4,9-13)14-6-7-16-8-11(2)3/h14H,2,5-10,13H2,1,3-4H3. The Morgan fingerprint density at radius 1 is 1.44 bits per heavy atom. The Hall–Kier alpha value is -0.420. The van der Waals surface area contributed by atoms with Crippen LogP contribution in [0.15, 0.2) is 12.2 Å². The molecular weight excluding hydrogens is 204 g/mol. The summed E-state index contributed by atoms with van der Waals surface area (Å²) in [6.07, 6.45) is 0. The van der Waals surface area contributed by atoms with Gasteiger partial charge in [0, 0.05) is 19.7 Å². The summed E-state index contributed by atoms with van der Waals surface area (Å²) >= 11 is 0. The molecule has 0 aromatic carbocycles. The molecule has 1 unspecified atom stereocenters. The minimum Gasteiger partial charge on any atom is -0.380 e. The molecule has 0 aromatic heterocycles. The summed E-state index contributed by atoms with van der Waals surface area (Å²) in [5.41, 5.74) is 6.59. The molecule has 0 aliphatic rings. The third-order valence-corrected chi connectivity index (χ3v) is 2.22. The molecule has 0 aliphatic carbocycles. The van der Waals surface area contributed by atoms with Crippen molar-refractivity contribution in [3.8, 4) is 0 Å². The van der Waals surface area contributed by atoms with E-state index in [1.165, 1.54) is 0 Å². The van der Waals surface area contributed by atoms with Gasteiger partial charge in [-0.05, 0) is 20.8 Å². The van der Waals surface area contributed by atoms with Gasteiger partial charge in [-0.25, -0.2) is 0 Å². The van der Waals surface area contributed by atoms with E-state index in [9.17, 15) is 0 Å². The fraction of sp³-hybridized carbons (Fsp3) is 0.833. The molecule has 0 spiro atoms. The molecule has 0 bridgehead atoms. The maximum atomic E-state index is 5.71. The minimum absolute atomic E-state index is 0.164. The Morgan fingerprint density at radius 2 is 2.12 bits per heavy atom. The van der Waals surface area contributed by atoms with E-state index in [0.29, 0.717) is 33.0 Å². The van der Waals surface area contributed by atoms with Crippen molar-refractivity contribution >= 4 is 0 Å². The molecule has 96 valence electrons. The van der Waals surface area contributed by atoms with Crippen LogP contribution in [0.3, 0.4) is 0 Å². The van der Waals surface area contributed by atoms with Crippen LogP contribution in [0.4, 0.5) is 0 Å². The van der Waals surface area contributed by atoms with Gasteiger partial charge in [0.25, 0.3) is 0 Å². The molecule has 0 amide bonds. The molecule has 4 nitrogen and oxygen atoms in total. The Kier molecular flexibility index (Phi) is 8.47. The first-order valence-electron chi connectivity index (χ1n) is 5.79. The third-order valence-electron chi connectivity index (χ3n) is 2.22. The van der Waals surface area contributed by atoms with Crippen molar-refractivity contribution in [3.63, 3.8) is 0 Å². The van der Waals surface area contributed by atoms with Gasteiger partial charge in [-0.3, -0.25) is 0 Å². The molecule has 0 radical (unpaired) electrons. The zero-order valence-electron chi connectivity index (χ0n) is 10.8. The molecule has 16 heavy (non-hydrogen) atoms. The second-order valence-corrected chi connectivity index (χ2v) is 4.34. The van der Waals surface area contributed by atoms with E-state index in [1.54, 1.807) is 0 Å². The fourth-order valence-corrected chi connectivity index (χ4v) is 1.18. The smallest absolute Gasteiger partial charge is 0.0672 e. The van der Waals surface area contributed by atoms with E-state index in [1.807, 2.05) is 13.8 Å². The zero-order chi connectivity index (χ0) is 12.4. The molecule has 0 heterocycles. The van der Waals surface area contributed by atoms with E-state index in [4.69, 9.17) is 15.2 Å². The van der Waals surface area contributed by atoms with Crippen LogP contribution in [0.1, 0.15) is 20.8 Å². The van der Waals surface area contributed by atoms with Crippen LogP contribution in [0, 0.1) is 0 Å². The average molecular weight is 230 g/mol. The van der Waals surface area contributed by atoms with Crippen molar-refractivity contribution in [2.75, 3.05) is 39.5 Å². The lowest BCUT2D eigenvalue weighted by Gasteiger charge is -2.29. The summed E-state index contributed by atoms with van der Waals surface area (Å²) in [5, 5.41) is 3.35. The van der Waals surface area contributed by atoms with Crippen molar-refractivity contribution < 1.29 is 9.47 Å². The number of nitrogens with two attached hydrogens (primary N) is 1. The average Bonchev–Trinajstić information content (AvgIpc) is 2.25. The minimum atomic E-state index is -0.164. The van der Waals surface area contributed by atoms with Gasteiger partial charge in [0.05, 0.1) is 25.4 Å². The van der Waals surface area contributed by atoms with Crippen molar-refractivity contribution in [2.45, 2.75) is 26.3 Å². The molecule has 0 aliphatic heterocycles. The first-order chi connectivity index (χ1) is 7.54. The molecule has 0 saturated carbocycles. The van der Waals surface area contributed by atoms with Crippen LogP contribution in [0.5, 0.6) is 0 Å². The van der Waals surface area contributed by atoms with Crippen molar-refractivity contribution in [2.24, 2.45) is 5.73 Å². The number of rotatable bonds is 10. The molecule has 4 heteroatoms. The van der Waals surface area contributed by atoms with Gasteiger partial charge in [0.2, 0.25) is 0 Å². The second-order valence-electron chi connectivity index (χ2n) is 4.34. The number of ether oxygens (including phenoxy) is 2. The normalized spacial score (nSPS) is 14.8. The summed E-state index contributed by atoms with van der Waals surface area (Å²) in [7, 11) is 0. The summed E-state index contributed by atoms with van der Waals surface area (Å²) in [6.45, 7) is 13.7. The van der Waals surface area contributed by atoms with Gasteiger partial charge in [0.1, 0.15) is 0 Å². The Labute approximate surface area is 99.2 Å². The van der Waals surface area contributed by atoms with E-state index >= 15 is 0 Å². The van der Waals surface area contributed by atoms with Gasteiger partial charge in [-0.1, -0.05) is 12.2 Å². The van der Waals surface area contributed by atoms with Crippen LogP contribution in [0.2, 0.25) is 0 Å². The summed E-state index contributed by atoms with van der Waals surface area (Å²) < 4.78 is 10.8. The highest BCUT2D eigenvalue weighted by molar-refractivity contribution is 4.87. The predicted octanol–water partition coefficient (Wildman–Crippen LogP) is 0.923. The van der Waals surface area contributed by atoms with Crippen molar-refractivity contribution in [3.05, 3.63) is 12.2 Å². The van der Waals surface area contributed by atoms with Gasteiger partial charge in [-0.15, -0.1) is 0 Å². The Morgan fingerprint density at radius 3 is 2.62 bits per heavy atom. The molecule has 0 fully saturated rings. The highest BCUT2D eigenvalue weighted by Crippen LogP contribution is 2.01. The highest BCUT2D eigenvalue weighted by atomic mass is 16.5. The Bertz CT molecular complexity index is 197. The molecule has 0 saturated heterocycles. The van der Waals surface area contributed by atoms with Crippen molar-refractivity contribution in [1.29, 1.82) is 0 Å². The first-order valence-corrected chi connectivity index (χ1v) is 5.79. The lowest BCUT2D eigenvalue weighted by atomic mass is 10.0. The summed E-state index contributed by atoms with van der Waals surface area (Å²) in [5.74, 6) is 0. The van der Waals surface area contributed by atoms with E-state index < -0.39 is 0 Å². The van der Waals surface area contributed by atoms with Gasteiger partial charge in [0.15, 0.2) is 0 Å². The lowest BCUT2D eigenvalue weighted by Crippen LogP contribution is -2.53. The van der Waals surface area contributed by atoms with Crippen molar-refractivity contribution in [1.82, 2.24) is 5.32 Å². The molecule has 1 atom stereocenters. The topological polar surface area (TPSA) is 56.5 Å². The summed E-state index contributed by atoms with van der Waals surface area (Å²) in [4.78, 5) is 0. The van der Waals surface area contributed by atoms with Crippen LogP contribution >= 0.6 is 0 Å². The van der Waals surface area contributed by atoms with Crippen LogP contribution in [0.25, 0.3) is 0 Å². The fourth-order valence-electron chi connectivity index (χ4n) is 1.18. The number of hydrogen-bond donors (Lipinski definition) is 2. The Balaban J connectivity index is 3.64. The van der Waals surface area contributed by atoms with Crippen LogP contribution in [-0.4, -0.2) is 45.1 Å². The molecule has 3 N–H and O–H groups in total. The third kappa shape index (κ3) is 7.82. The van der Waals surface area contributed by atoms with E-state index in [2.05, 4.69) is 18.8 Å². The van der Waals surface area contributed by atoms with E-state index in [0.717, 1.165) is 12.1 Å². The monoisotopic (exact) mass is 230 g/mol. The molecular formula is C12H26N2O2.